The van der Waals surface area contributed by atoms with Crippen LogP contribution in [-0.2, 0) is 4.79 Å². The van der Waals surface area contributed by atoms with Gasteiger partial charge in [-0.2, -0.15) is 0 Å². The molecule has 0 aromatic heterocycles. The number of carbonyl (C=O) groups excluding carboxylic acids is 1. The molecule has 6 heteroatoms. The fourth-order valence-electron chi connectivity index (χ4n) is 1.62. The summed E-state index contributed by atoms with van der Waals surface area (Å²) < 4.78 is 0.794. The highest BCUT2D eigenvalue weighted by Crippen LogP contribution is 2.21. The van der Waals surface area contributed by atoms with Crippen LogP contribution in [0.15, 0.2) is 59.1 Å². The van der Waals surface area contributed by atoms with E-state index in [1.165, 1.54) is 18.2 Å². The molecule has 0 aliphatic rings. The Kier molecular flexibility index (Phi) is 4.84. The number of nitrogens with one attached hydrogen (secondary N) is 1. The third-order valence-corrected chi connectivity index (χ3v) is 3.35. The number of hydrogen-bond acceptors (Lipinski definition) is 3. The molecular weight excluding hydrogens is 336 g/mol. The van der Waals surface area contributed by atoms with E-state index in [0.717, 1.165) is 4.47 Å². The molecule has 0 atom stereocenters. The molecule has 0 saturated carbocycles. The summed E-state index contributed by atoms with van der Waals surface area (Å²) in [5, 5.41) is 13.3. The van der Waals surface area contributed by atoms with E-state index in [1.807, 2.05) is 18.2 Å². The maximum absolute atomic E-state index is 11.8. The van der Waals surface area contributed by atoms with E-state index in [-0.39, 0.29) is 11.6 Å². The smallest absolute Gasteiger partial charge is 0.269 e. The van der Waals surface area contributed by atoms with Crippen molar-refractivity contribution < 1.29 is 9.72 Å². The predicted octanol–water partition coefficient (Wildman–Crippen LogP) is 4.01. The number of hydrogen-bond donors (Lipinski definition) is 1. The number of carbonyl (C=O) groups is 1. The molecular formula is C15H11BrN2O3. The molecule has 5 nitrogen and oxygen atoms in total. The number of nitrogens with zero attached hydrogens (tertiary/aromatic N) is 1. The summed E-state index contributed by atoms with van der Waals surface area (Å²) in [4.78, 5) is 21.9. The summed E-state index contributed by atoms with van der Waals surface area (Å²) in [6, 6.07) is 13.2. The lowest BCUT2D eigenvalue weighted by Crippen LogP contribution is -2.07. The maximum atomic E-state index is 11.8. The highest BCUT2D eigenvalue weighted by atomic mass is 79.9. The van der Waals surface area contributed by atoms with Crippen molar-refractivity contribution >= 4 is 39.3 Å². The Hall–Kier alpha value is -2.47. The molecule has 0 radical (unpaired) electrons. The fourth-order valence-corrected chi connectivity index (χ4v) is 2.00. The summed E-state index contributed by atoms with van der Waals surface area (Å²) in [6.45, 7) is 0. The van der Waals surface area contributed by atoms with Gasteiger partial charge in [0.15, 0.2) is 0 Å². The van der Waals surface area contributed by atoms with Crippen molar-refractivity contribution in [3.8, 4) is 0 Å². The van der Waals surface area contributed by atoms with E-state index >= 15 is 0 Å². The normalized spacial score (nSPS) is 10.5. The molecule has 21 heavy (non-hydrogen) atoms. The largest absolute Gasteiger partial charge is 0.321 e. The van der Waals surface area contributed by atoms with Crippen LogP contribution in [0, 0.1) is 10.1 Å². The van der Waals surface area contributed by atoms with Crippen molar-refractivity contribution in [3.05, 3.63) is 74.8 Å². The lowest BCUT2D eigenvalue weighted by atomic mass is 10.2. The number of amides is 1. The summed E-state index contributed by atoms with van der Waals surface area (Å²) >= 11 is 3.34. The first-order valence-electron chi connectivity index (χ1n) is 6.04. The topological polar surface area (TPSA) is 72.2 Å². The van der Waals surface area contributed by atoms with Gasteiger partial charge in [-0.15, -0.1) is 0 Å². The third kappa shape index (κ3) is 4.25. The Labute approximate surface area is 129 Å². The molecule has 2 aromatic rings. The summed E-state index contributed by atoms with van der Waals surface area (Å²) in [7, 11) is 0. The van der Waals surface area contributed by atoms with Crippen LogP contribution in [0.3, 0.4) is 0 Å². The van der Waals surface area contributed by atoms with Gasteiger partial charge in [-0.25, -0.2) is 0 Å². The predicted molar refractivity (Wildman–Crippen MR) is 84.9 cm³/mol. The van der Waals surface area contributed by atoms with E-state index in [4.69, 9.17) is 0 Å². The molecule has 0 heterocycles. The minimum atomic E-state index is -0.465. The molecule has 0 aliphatic carbocycles. The monoisotopic (exact) mass is 346 g/mol. The SMILES string of the molecule is O=C(/C=C/c1ccc([N+](=O)[O-])cc1)Nc1ccccc1Br. The number of nitro groups is 1. The molecule has 0 spiro atoms. The number of rotatable bonds is 4. The van der Waals surface area contributed by atoms with Gasteiger partial charge in [-0.05, 0) is 51.8 Å². The molecule has 0 unspecified atom stereocenters. The van der Waals surface area contributed by atoms with Crippen LogP contribution in [-0.4, -0.2) is 10.8 Å². The second kappa shape index (κ2) is 6.81. The first kappa shape index (κ1) is 14.9. The molecule has 0 bridgehead atoms. The molecule has 0 saturated heterocycles. The summed E-state index contributed by atoms with van der Waals surface area (Å²) in [6.07, 6.45) is 2.97. The number of para-hydroxylation sites is 1. The minimum Gasteiger partial charge on any atom is -0.321 e. The van der Waals surface area contributed by atoms with Crippen molar-refractivity contribution in [1.29, 1.82) is 0 Å². The van der Waals surface area contributed by atoms with Crippen molar-refractivity contribution in [2.45, 2.75) is 0 Å². The number of halogens is 1. The van der Waals surface area contributed by atoms with Crippen LogP contribution in [0.4, 0.5) is 11.4 Å². The number of anilines is 1. The standard InChI is InChI=1S/C15H11BrN2O3/c16-13-3-1-2-4-14(13)17-15(19)10-7-11-5-8-12(9-6-11)18(20)21/h1-10H,(H,17,19)/b10-7+. The highest BCUT2D eigenvalue weighted by Gasteiger charge is 2.03. The molecule has 1 N–H and O–H groups in total. The second-order valence-electron chi connectivity index (χ2n) is 4.15. The van der Waals surface area contributed by atoms with E-state index < -0.39 is 4.92 Å². The van der Waals surface area contributed by atoms with E-state index in [0.29, 0.717) is 11.3 Å². The Bertz CT molecular complexity index is 696. The maximum Gasteiger partial charge on any atom is 0.269 e. The van der Waals surface area contributed by atoms with Crippen LogP contribution in [0.25, 0.3) is 6.08 Å². The Morgan fingerprint density at radius 3 is 2.43 bits per heavy atom. The second-order valence-corrected chi connectivity index (χ2v) is 5.01. The molecule has 0 aliphatic heterocycles. The van der Waals surface area contributed by atoms with Crippen molar-refractivity contribution in [2.75, 3.05) is 5.32 Å². The molecule has 2 aromatic carbocycles. The van der Waals surface area contributed by atoms with Crippen LogP contribution in [0.2, 0.25) is 0 Å². The zero-order valence-electron chi connectivity index (χ0n) is 10.8. The van der Waals surface area contributed by atoms with Gasteiger partial charge in [0.2, 0.25) is 5.91 Å². The van der Waals surface area contributed by atoms with Crippen molar-refractivity contribution in [1.82, 2.24) is 0 Å². The lowest BCUT2D eigenvalue weighted by Gasteiger charge is -2.03. The van der Waals surface area contributed by atoms with Gasteiger partial charge >= 0.3 is 0 Å². The summed E-state index contributed by atoms with van der Waals surface area (Å²) in [5.41, 5.74) is 1.41. The average molecular weight is 347 g/mol. The Morgan fingerprint density at radius 1 is 1.14 bits per heavy atom. The van der Waals surface area contributed by atoms with Crippen LogP contribution in [0.1, 0.15) is 5.56 Å². The van der Waals surface area contributed by atoms with E-state index in [9.17, 15) is 14.9 Å². The average Bonchev–Trinajstić information content (AvgIpc) is 2.48. The van der Waals surface area contributed by atoms with Gasteiger partial charge in [0.05, 0.1) is 10.6 Å². The van der Waals surface area contributed by atoms with Gasteiger partial charge in [-0.3, -0.25) is 14.9 Å². The molecule has 1 amide bonds. The van der Waals surface area contributed by atoms with Crippen molar-refractivity contribution in [2.24, 2.45) is 0 Å². The summed E-state index contributed by atoms with van der Waals surface area (Å²) in [5.74, 6) is -0.278. The molecule has 2 rings (SSSR count). The highest BCUT2D eigenvalue weighted by molar-refractivity contribution is 9.10. The molecule has 106 valence electrons. The zero-order chi connectivity index (χ0) is 15.2. The number of benzene rings is 2. The van der Waals surface area contributed by atoms with Gasteiger partial charge in [-0.1, -0.05) is 12.1 Å². The fraction of sp³-hybridized carbons (Fsp3) is 0. The third-order valence-electron chi connectivity index (χ3n) is 2.66. The first-order valence-corrected chi connectivity index (χ1v) is 6.83. The number of nitro benzene ring substituents is 1. The van der Waals surface area contributed by atoms with Gasteiger partial charge in [0.25, 0.3) is 5.69 Å². The van der Waals surface area contributed by atoms with E-state index in [1.54, 1.807) is 24.3 Å². The number of non-ortho nitro benzene ring substituents is 1. The van der Waals surface area contributed by atoms with Crippen LogP contribution >= 0.6 is 15.9 Å². The van der Waals surface area contributed by atoms with Gasteiger partial charge < -0.3 is 5.32 Å². The minimum absolute atomic E-state index is 0.0183. The van der Waals surface area contributed by atoms with Gasteiger partial charge in [0, 0.05) is 22.7 Å². The van der Waals surface area contributed by atoms with Crippen molar-refractivity contribution in [3.63, 3.8) is 0 Å². The zero-order valence-corrected chi connectivity index (χ0v) is 12.4. The Morgan fingerprint density at radius 2 is 1.81 bits per heavy atom. The lowest BCUT2D eigenvalue weighted by molar-refractivity contribution is -0.384. The molecule has 0 fully saturated rings. The van der Waals surface area contributed by atoms with Crippen LogP contribution < -0.4 is 5.32 Å². The first-order chi connectivity index (χ1) is 10.1. The quantitative estimate of drug-likeness (QED) is 0.516. The van der Waals surface area contributed by atoms with Crippen LogP contribution in [0.5, 0.6) is 0 Å². The van der Waals surface area contributed by atoms with E-state index in [2.05, 4.69) is 21.2 Å². The Balaban J connectivity index is 2.02. The van der Waals surface area contributed by atoms with Gasteiger partial charge in [0.1, 0.15) is 0 Å².